The molecule has 0 spiro atoms. The van der Waals surface area contributed by atoms with Gasteiger partial charge >= 0.3 is 0 Å². The van der Waals surface area contributed by atoms with Crippen LogP contribution in [0.3, 0.4) is 0 Å². The van der Waals surface area contributed by atoms with Crippen molar-refractivity contribution in [2.75, 3.05) is 12.0 Å². The Bertz CT molecular complexity index is 336. The summed E-state index contributed by atoms with van der Waals surface area (Å²) in [5.74, 6) is 2.76. The summed E-state index contributed by atoms with van der Waals surface area (Å²) in [5.41, 5.74) is 0. The second-order valence-electron chi connectivity index (χ2n) is 4.07. The summed E-state index contributed by atoms with van der Waals surface area (Å²) in [5, 5.41) is 3.36. The molecule has 1 heterocycles. The van der Waals surface area contributed by atoms with Gasteiger partial charge in [0.15, 0.2) is 0 Å². The number of aryl methyl sites for hydroxylation is 1. The minimum absolute atomic E-state index is 0.374. The van der Waals surface area contributed by atoms with Crippen molar-refractivity contribution in [2.24, 2.45) is 0 Å². The number of nitrogens with one attached hydrogen (secondary N) is 1. The van der Waals surface area contributed by atoms with Crippen molar-refractivity contribution in [3.63, 3.8) is 0 Å². The maximum atomic E-state index is 10.9. The molecule has 1 rings (SSSR count). The zero-order chi connectivity index (χ0) is 12.0. The second kappa shape index (κ2) is 6.86. The summed E-state index contributed by atoms with van der Waals surface area (Å²) >= 11 is 0. The molecule has 0 aliphatic heterocycles. The number of rotatable bonds is 7. The van der Waals surface area contributed by atoms with E-state index in [0.29, 0.717) is 6.04 Å². The van der Waals surface area contributed by atoms with Crippen molar-refractivity contribution < 1.29 is 8.63 Å². The SMILES string of the molecule is CCc1ccc(CNC(C)CCS(C)=O)o1. The third-order valence-electron chi connectivity index (χ3n) is 2.53. The van der Waals surface area contributed by atoms with Gasteiger partial charge in [0.05, 0.1) is 6.54 Å². The van der Waals surface area contributed by atoms with E-state index in [0.717, 1.165) is 36.7 Å². The number of hydrogen-bond donors (Lipinski definition) is 1. The molecule has 0 bridgehead atoms. The van der Waals surface area contributed by atoms with E-state index < -0.39 is 10.8 Å². The van der Waals surface area contributed by atoms with E-state index >= 15 is 0 Å². The third kappa shape index (κ3) is 4.94. The molecule has 16 heavy (non-hydrogen) atoms. The van der Waals surface area contributed by atoms with Gasteiger partial charge in [0.2, 0.25) is 0 Å². The van der Waals surface area contributed by atoms with Gasteiger partial charge in [0.25, 0.3) is 0 Å². The molecule has 0 radical (unpaired) electrons. The Morgan fingerprint density at radius 1 is 1.44 bits per heavy atom. The highest BCUT2D eigenvalue weighted by molar-refractivity contribution is 7.84. The van der Waals surface area contributed by atoms with Crippen LogP contribution < -0.4 is 5.32 Å². The first kappa shape index (κ1) is 13.5. The van der Waals surface area contributed by atoms with Crippen LogP contribution in [0.4, 0.5) is 0 Å². The van der Waals surface area contributed by atoms with E-state index in [-0.39, 0.29) is 0 Å². The Hall–Kier alpha value is -0.610. The molecular formula is C12H21NO2S. The van der Waals surface area contributed by atoms with Gasteiger partial charge in [-0.15, -0.1) is 0 Å². The molecule has 0 saturated heterocycles. The van der Waals surface area contributed by atoms with E-state index in [2.05, 4.69) is 19.2 Å². The maximum Gasteiger partial charge on any atom is 0.117 e. The average Bonchev–Trinajstić information content (AvgIpc) is 2.71. The fourth-order valence-corrected chi connectivity index (χ4v) is 2.11. The molecule has 0 fully saturated rings. The predicted molar refractivity (Wildman–Crippen MR) is 67.9 cm³/mol. The Balaban J connectivity index is 2.25. The highest BCUT2D eigenvalue weighted by Crippen LogP contribution is 2.08. The van der Waals surface area contributed by atoms with Gasteiger partial charge in [-0.25, -0.2) is 0 Å². The molecule has 92 valence electrons. The summed E-state index contributed by atoms with van der Waals surface area (Å²) in [7, 11) is -0.695. The highest BCUT2D eigenvalue weighted by Gasteiger charge is 2.05. The maximum absolute atomic E-state index is 10.9. The molecule has 3 nitrogen and oxygen atoms in total. The second-order valence-corrected chi connectivity index (χ2v) is 5.62. The third-order valence-corrected chi connectivity index (χ3v) is 3.34. The molecule has 1 aromatic rings. The lowest BCUT2D eigenvalue weighted by molar-refractivity contribution is 0.429. The molecule has 0 amide bonds. The average molecular weight is 243 g/mol. The van der Waals surface area contributed by atoms with Crippen molar-refractivity contribution in [3.05, 3.63) is 23.7 Å². The quantitative estimate of drug-likeness (QED) is 0.797. The van der Waals surface area contributed by atoms with Gasteiger partial charge in [-0.1, -0.05) is 6.92 Å². The summed E-state index contributed by atoms with van der Waals surface area (Å²) in [6.07, 6.45) is 3.61. The van der Waals surface area contributed by atoms with Crippen LogP contribution in [-0.4, -0.2) is 22.3 Å². The minimum atomic E-state index is -0.695. The lowest BCUT2D eigenvalue weighted by Gasteiger charge is -2.11. The topological polar surface area (TPSA) is 42.2 Å². The van der Waals surface area contributed by atoms with Gasteiger partial charge in [-0.2, -0.15) is 0 Å². The lowest BCUT2D eigenvalue weighted by Crippen LogP contribution is -2.26. The molecule has 1 N–H and O–H groups in total. The molecule has 0 aromatic carbocycles. The predicted octanol–water partition coefficient (Wildman–Crippen LogP) is 2.09. The molecule has 0 aliphatic rings. The van der Waals surface area contributed by atoms with Crippen LogP contribution in [0.5, 0.6) is 0 Å². The van der Waals surface area contributed by atoms with Crippen LogP contribution in [0.2, 0.25) is 0 Å². The Kier molecular flexibility index (Phi) is 5.77. The smallest absolute Gasteiger partial charge is 0.117 e. The lowest BCUT2D eigenvalue weighted by atomic mass is 10.2. The van der Waals surface area contributed by atoms with E-state index in [9.17, 15) is 4.21 Å². The molecule has 2 unspecified atom stereocenters. The van der Waals surface area contributed by atoms with E-state index in [1.54, 1.807) is 6.26 Å². The summed E-state index contributed by atoms with van der Waals surface area (Å²) in [6, 6.07) is 4.40. The van der Waals surface area contributed by atoms with Crippen LogP contribution in [0, 0.1) is 0 Å². The zero-order valence-electron chi connectivity index (χ0n) is 10.3. The molecule has 0 saturated carbocycles. The molecule has 0 aliphatic carbocycles. The standard InChI is InChI=1S/C12H21NO2S/c1-4-11-5-6-12(15-11)9-13-10(2)7-8-16(3)14/h5-6,10,13H,4,7-9H2,1-3H3. The minimum Gasteiger partial charge on any atom is -0.465 e. The van der Waals surface area contributed by atoms with Crippen molar-refractivity contribution in [1.29, 1.82) is 0 Å². The highest BCUT2D eigenvalue weighted by atomic mass is 32.2. The van der Waals surface area contributed by atoms with Crippen molar-refractivity contribution >= 4 is 10.8 Å². The summed E-state index contributed by atoms with van der Waals surface area (Å²) < 4.78 is 16.5. The van der Waals surface area contributed by atoms with Crippen molar-refractivity contribution in [2.45, 2.75) is 39.3 Å². The van der Waals surface area contributed by atoms with Crippen molar-refractivity contribution in [3.8, 4) is 0 Å². The molecule has 4 heteroatoms. The zero-order valence-corrected chi connectivity index (χ0v) is 11.1. The Morgan fingerprint density at radius 3 is 2.69 bits per heavy atom. The van der Waals surface area contributed by atoms with Crippen LogP contribution in [0.15, 0.2) is 16.5 Å². The summed E-state index contributed by atoms with van der Waals surface area (Å²) in [6.45, 7) is 4.93. The molecule has 2 atom stereocenters. The fraction of sp³-hybridized carbons (Fsp3) is 0.667. The van der Waals surface area contributed by atoms with E-state index in [4.69, 9.17) is 4.42 Å². The van der Waals surface area contributed by atoms with E-state index in [1.807, 2.05) is 12.1 Å². The van der Waals surface area contributed by atoms with Gasteiger partial charge in [0.1, 0.15) is 11.5 Å². The van der Waals surface area contributed by atoms with Crippen LogP contribution >= 0.6 is 0 Å². The Morgan fingerprint density at radius 2 is 2.12 bits per heavy atom. The monoisotopic (exact) mass is 243 g/mol. The first-order valence-corrected chi connectivity index (χ1v) is 7.45. The Labute approximate surface area is 100 Å². The first-order valence-electron chi connectivity index (χ1n) is 5.72. The molecular weight excluding hydrogens is 222 g/mol. The number of furan rings is 1. The van der Waals surface area contributed by atoms with Crippen molar-refractivity contribution in [1.82, 2.24) is 5.32 Å². The van der Waals surface area contributed by atoms with Crippen LogP contribution in [0.25, 0.3) is 0 Å². The van der Waals surface area contributed by atoms with Gasteiger partial charge in [0, 0.05) is 35.3 Å². The van der Waals surface area contributed by atoms with E-state index in [1.165, 1.54) is 0 Å². The first-order chi connectivity index (χ1) is 7.61. The van der Waals surface area contributed by atoms with Gasteiger partial charge in [-0.05, 0) is 25.5 Å². The largest absolute Gasteiger partial charge is 0.465 e. The van der Waals surface area contributed by atoms with Crippen LogP contribution in [-0.2, 0) is 23.8 Å². The summed E-state index contributed by atoms with van der Waals surface area (Å²) in [4.78, 5) is 0. The van der Waals surface area contributed by atoms with Gasteiger partial charge < -0.3 is 9.73 Å². The van der Waals surface area contributed by atoms with Gasteiger partial charge in [-0.3, -0.25) is 4.21 Å². The fourth-order valence-electron chi connectivity index (χ4n) is 1.43. The van der Waals surface area contributed by atoms with Crippen LogP contribution in [0.1, 0.15) is 31.8 Å². The normalized spacial score (nSPS) is 14.9. The number of hydrogen-bond acceptors (Lipinski definition) is 3. The molecule has 1 aromatic heterocycles.